The van der Waals surface area contributed by atoms with Gasteiger partial charge in [0.05, 0.1) is 5.41 Å². The summed E-state index contributed by atoms with van der Waals surface area (Å²) in [6.07, 6.45) is 2.64. The Morgan fingerprint density at radius 1 is 1.47 bits per heavy atom. The Kier molecular flexibility index (Phi) is 5.83. The molecule has 1 aromatic rings. The first-order valence-electron chi connectivity index (χ1n) is 6.71. The van der Waals surface area contributed by atoms with Crippen LogP contribution in [0.3, 0.4) is 0 Å². The van der Waals surface area contributed by atoms with Crippen LogP contribution in [0, 0.1) is 5.41 Å². The van der Waals surface area contributed by atoms with Gasteiger partial charge in [-0.3, -0.25) is 4.79 Å². The van der Waals surface area contributed by atoms with Gasteiger partial charge in [0.25, 0.3) is 0 Å². The zero-order chi connectivity index (χ0) is 13.2. The summed E-state index contributed by atoms with van der Waals surface area (Å²) in [5.41, 5.74) is 6.83. The number of nitrogens with two attached hydrogens (primary N) is 1. The molecule has 0 radical (unpaired) electrons. The summed E-state index contributed by atoms with van der Waals surface area (Å²) in [6.45, 7) is 6.18. The maximum absolute atomic E-state index is 12.7. The molecule has 0 aromatic carbocycles. The van der Waals surface area contributed by atoms with Crippen molar-refractivity contribution in [1.82, 2.24) is 4.90 Å². The van der Waals surface area contributed by atoms with E-state index in [1.165, 1.54) is 10.4 Å². The number of hydrogen-bond acceptors (Lipinski definition) is 3. The second-order valence-electron chi connectivity index (χ2n) is 5.04. The van der Waals surface area contributed by atoms with Crippen molar-refractivity contribution in [2.75, 3.05) is 13.1 Å². The Morgan fingerprint density at radius 3 is 2.74 bits per heavy atom. The van der Waals surface area contributed by atoms with Crippen LogP contribution in [-0.4, -0.2) is 23.9 Å². The molecule has 0 saturated heterocycles. The maximum atomic E-state index is 12.7. The van der Waals surface area contributed by atoms with E-state index in [0.717, 1.165) is 32.4 Å². The molecule has 0 unspecified atom stereocenters. The minimum atomic E-state index is -0.354. The molecular formula is C14H23ClN2OS. The predicted molar refractivity (Wildman–Crippen MR) is 82.8 cm³/mol. The molecule has 0 bridgehead atoms. The van der Waals surface area contributed by atoms with Crippen LogP contribution in [0.25, 0.3) is 0 Å². The third-order valence-corrected chi connectivity index (χ3v) is 5.32. The Bertz CT molecular complexity index is 421. The summed E-state index contributed by atoms with van der Waals surface area (Å²) in [6, 6.07) is 2.14. The standard InChI is InChI=1S/C14H22N2OS.ClH/c1-3-14(4-2,10-15)13(17)16-7-5-12-11(9-16)6-8-18-12;/h6,8H,3-5,7,9-10,15H2,1-2H3;1H. The first-order chi connectivity index (χ1) is 8.66. The monoisotopic (exact) mass is 302 g/mol. The molecule has 0 fully saturated rings. The fourth-order valence-electron chi connectivity index (χ4n) is 2.69. The van der Waals surface area contributed by atoms with E-state index in [4.69, 9.17) is 5.73 Å². The fraction of sp³-hybridized carbons (Fsp3) is 0.643. The third-order valence-electron chi connectivity index (χ3n) is 4.29. The largest absolute Gasteiger partial charge is 0.337 e. The van der Waals surface area contributed by atoms with Crippen LogP contribution in [0.2, 0.25) is 0 Å². The highest BCUT2D eigenvalue weighted by Crippen LogP contribution is 2.31. The molecule has 19 heavy (non-hydrogen) atoms. The van der Waals surface area contributed by atoms with Gasteiger partial charge in [-0.2, -0.15) is 0 Å². The summed E-state index contributed by atoms with van der Waals surface area (Å²) >= 11 is 1.80. The average molecular weight is 303 g/mol. The average Bonchev–Trinajstić information content (AvgIpc) is 2.88. The van der Waals surface area contributed by atoms with E-state index < -0.39 is 0 Å². The quantitative estimate of drug-likeness (QED) is 0.929. The first kappa shape index (κ1) is 16.5. The molecule has 1 aromatic heterocycles. The molecule has 0 atom stereocenters. The highest BCUT2D eigenvalue weighted by atomic mass is 35.5. The molecule has 0 aliphatic carbocycles. The van der Waals surface area contributed by atoms with Crippen LogP contribution in [0.1, 0.15) is 37.1 Å². The molecule has 0 spiro atoms. The van der Waals surface area contributed by atoms with Crippen LogP contribution in [-0.2, 0) is 17.8 Å². The number of thiophene rings is 1. The van der Waals surface area contributed by atoms with Crippen LogP contribution >= 0.6 is 23.7 Å². The predicted octanol–water partition coefficient (Wildman–Crippen LogP) is 2.82. The molecular weight excluding hydrogens is 280 g/mol. The lowest BCUT2D eigenvalue weighted by atomic mass is 9.80. The minimum Gasteiger partial charge on any atom is -0.337 e. The Balaban J connectivity index is 0.00000180. The lowest BCUT2D eigenvalue weighted by Crippen LogP contribution is -2.48. The van der Waals surface area contributed by atoms with Crippen molar-refractivity contribution in [3.63, 3.8) is 0 Å². The van der Waals surface area contributed by atoms with E-state index in [1.54, 1.807) is 11.3 Å². The van der Waals surface area contributed by atoms with Gasteiger partial charge in [0.15, 0.2) is 0 Å². The topological polar surface area (TPSA) is 46.3 Å². The third kappa shape index (κ3) is 2.96. The highest BCUT2D eigenvalue weighted by molar-refractivity contribution is 7.10. The maximum Gasteiger partial charge on any atom is 0.230 e. The van der Waals surface area contributed by atoms with Gasteiger partial charge in [-0.05, 0) is 36.3 Å². The van der Waals surface area contributed by atoms with Crippen molar-refractivity contribution in [3.05, 3.63) is 21.9 Å². The van der Waals surface area contributed by atoms with E-state index in [-0.39, 0.29) is 23.7 Å². The molecule has 2 rings (SSSR count). The van der Waals surface area contributed by atoms with E-state index in [0.29, 0.717) is 6.54 Å². The number of nitrogens with zero attached hydrogens (tertiary/aromatic N) is 1. The van der Waals surface area contributed by atoms with Crippen LogP contribution in [0.15, 0.2) is 11.4 Å². The van der Waals surface area contributed by atoms with Crippen LogP contribution < -0.4 is 5.73 Å². The zero-order valence-electron chi connectivity index (χ0n) is 11.6. The lowest BCUT2D eigenvalue weighted by Gasteiger charge is -2.37. The molecule has 2 N–H and O–H groups in total. The first-order valence-corrected chi connectivity index (χ1v) is 7.59. The molecule has 3 nitrogen and oxygen atoms in total. The van der Waals surface area contributed by atoms with Crippen molar-refractivity contribution in [3.8, 4) is 0 Å². The second kappa shape index (κ2) is 6.73. The van der Waals surface area contributed by atoms with E-state index >= 15 is 0 Å². The number of halogens is 1. The van der Waals surface area contributed by atoms with Gasteiger partial charge in [-0.25, -0.2) is 0 Å². The number of carbonyl (C=O) groups excluding carboxylic acids is 1. The van der Waals surface area contributed by atoms with Crippen molar-refractivity contribution >= 4 is 29.7 Å². The van der Waals surface area contributed by atoms with Crippen molar-refractivity contribution in [1.29, 1.82) is 0 Å². The normalized spacial score (nSPS) is 14.8. The van der Waals surface area contributed by atoms with Gasteiger partial charge < -0.3 is 10.6 Å². The number of fused-ring (bicyclic) bond motifs is 1. The fourth-order valence-corrected chi connectivity index (χ4v) is 3.58. The van der Waals surface area contributed by atoms with Crippen LogP contribution in [0.5, 0.6) is 0 Å². The van der Waals surface area contributed by atoms with Gasteiger partial charge in [0, 0.05) is 24.5 Å². The van der Waals surface area contributed by atoms with Gasteiger partial charge in [0.1, 0.15) is 0 Å². The van der Waals surface area contributed by atoms with E-state index in [1.807, 2.05) is 4.90 Å². The molecule has 2 heterocycles. The number of amides is 1. The molecule has 1 aliphatic rings. The highest BCUT2D eigenvalue weighted by Gasteiger charge is 2.37. The van der Waals surface area contributed by atoms with Crippen molar-refractivity contribution in [2.24, 2.45) is 11.1 Å². The summed E-state index contributed by atoms with van der Waals surface area (Å²) < 4.78 is 0. The van der Waals surface area contributed by atoms with Crippen molar-refractivity contribution in [2.45, 2.75) is 39.7 Å². The lowest BCUT2D eigenvalue weighted by molar-refractivity contribution is -0.143. The zero-order valence-corrected chi connectivity index (χ0v) is 13.3. The SMILES string of the molecule is CCC(CC)(CN)C(=O)N1CCc2sccc2C1.Cl. The molecule has 1 amide bonds. The van der Waals surface area contributed by atoms with Crippen molar-refractivity contribution < 1.29 is 4.79 Å². The summed E-state index contributed by atoms with van der Waals surface area (Å²) in [5.74, 6) is 0.242. The van der Waals surface area contributed by atoms with Crippen LogP contribution in [0.4, 0.5) is 0 Å². The number of carbonyl (C=O) groups is 1. The molecule has 0 saturated carbocycles. The summed E-state index contributed by atoms with van der Waals surface area (Å²) in [7, 11) is 0. The van der Waals surface area contributed by atoms with E-state index in [2.05, 4.69) is 25.3 Å². The Morgan fingerprint density at radius 2 is 2.16 bits per heavy atom. The van der Waals surface area contributed by atoms with E-state index in [9.17, 15) is 4.79 Å². The second-order valence-corrected chi connectivity index (χ2v) is 6.04. The molecule has 108 valence electrons. The number of hydrogen-bond donors (Lipinski definition) is 1. The van der Waals surface area contributed by atoms with Gasteiger partial charge in [-0.15, -0.1) is 23.7 Å². The summed E-state index contributed by atoms with van der Waals surface area (Å²) in [4.78, 5) is 16.1. The minimum absolute atomic E-state index is 0. The number of rotatable bonds is 4. The molecule has 5 heteroatoms. The Hall–Kier alpha value is -0.580. The summed E-state index contributed by atoms with van der Waals surface area (Å²) in [5, 5.41) is 2.12. The smallest absolute Gasteiger partial charge is 0.230 e. The Labute approximate surface area is 125 Å². The van der Waals surface area contributed by atoms with Gasteiger partial charge in [0.2, 0.25) is 5.91 Å². The molecule has 1 aliphatic heterocycles. The van der Waals surface area contributed by atoms with Gasteiger partial charge in [-0.1, -0.05) is 13.8 Å². The van der Waals surface area contributed by atoms with Gasteiger partial charge >= 0.3 is 0 Å².